The fourth-order valence-corrected chi connectivity index (χ4v) is 2.17. The number of rotatable bonds is 0. The summed E-state index contributed by atoms with van der Waals surface area (Å²) in [6.07, 6.45) is 5.77. The zero-order chi connectivity index (χ0) is 6.97. The Balaban J connectivity index is 2.03. The Morgan fingerprint density at radius 2 is 2.20 bits per heavy atom. The topological polar surface area (TPSA) is 29.1 Å². The van der Waals surface area contributed by atoms with Gasteiger partial charge in [-0.15, -0.1) is 0 Å². The summed E-state index contributed by atoms with van der Waals surface area (Å²) in [6, 6.07) is 0.543. The number of hydrogen-bond acceptors (Lipinski definition) is 1. The average Bonchev–Trinajstić information content (AvgIpc) is 2.33. The predicted molar refractivity (Wildman–Crippen MR) is 38.5 cm³/mol. The maximum absolute atomic E-state index is 10.9. The van der Waals surface area contributed by atoms with Crippen molar-refractivity contribution in [2.75, 3.05) is 0 Å². The van der Waals surface area contributed by atoms with Gasteiger partial charge >= 0.3 is 0 Å². The lowest BCUT2D eigenvalue weighted by molar-refractivity contribution is -0.124. The van der Waals surface area contributed by atoms with E-state index in [-0.39, 0.29) is 5.91 Å². The van der Waals surface area contributed by atoms with E-state index in [0.29, 0.717) is 6.04 Å². The summed E-state index contributed by atoms with van der Waals surface area (Å²) >= 11 is 0. The van der Waals surface area contributed by atoms with Crippen molar-refractivity contribution < 1.29 is 4.79 Å². The Hall–Kier alpha value is -0.530. The molecule has 2 aliphatic rings. The van der Waals surface area contributed by atoms with Gasteiger partial charge in [0.2, 0.25) is 5.91 Å². The summed E-state index contributed by atoms with van der Waals surface area (Å²) in [6.45, 7) is 0. The summed E-state index contributed by atoms with van der Waals surface area (Å²) in [5.74, 6) is 1.08. The summed E-state index contributed by atoms with van der Waals surface area (Å²) in [7, 11) is 0. The number of hydrogen-bond donors (Lipinski definition) is 1. The van der Waals surface area contributed by atoms with Gasteiger partial charge in [0.1, 0.15) is 0 Å². The van der Waals surface area contributed by atoms with E-state index < -0.39 is 0 Å². The highest BCUT2D eigenvalue weighted by atomic mass is 16.1. The van der Waals surface area contributed by atoms with Crippen molar-refractivity contribution in [2.24, 2.45) is 5.92 Å². The molecule has 2 rings (SSSR count). The van der Waals surface area contributed by atoms with Crippen LogP contribution in [0.2, 0.25) is 0 Å². The molecule has 0 bridgehead atoms. The maximum Gasteiger partial charge on any atom is 0.220 e. The minimum Gasteiger partial charge on any atom is -0.353 e. The minimum atomic E-state index is 0.267. The first-order valence-electron chi connectivity index (χ1n) is 4.15. The average molecular weight is 139 g/mol. The second-order valence-electron chi connectivity index (χ2n) is 3.40. The Kier molecular flexibility index (Phi) is 1.40. The fraction of sp³-hybridized carbons (Fsp3) is 0.875. The monoisotopic (exact) mass is 139 g/mol. The zero-order valence-corrected chi connectivity index (χ0v) is 6.10. The molecule has 2 heteroatoms. The molecule has 0 aromatic carbocycles. The van der Waals surface area contributed by atoms with Crippen LogP contribution in [-0.4, -0.2) is 11.9 Å². The van der Waals surface area contributed by atoms with Crippen LogP contribution >= 0.6 is 0 Å². The second kappa shape index (κ2) is 2.26. The molecule has 0 radical (unpaired) electrons. The van der Waals surface area contributed by atoms with Gasteiger partial charge in [-0.25, -0.2) is 0 Å². The number of fused-ring (bicyclic) bond motifs is 1. The molecule has 1 amide bonds. The zero-order valence-electron chi connectivity index (χ0n) is 6.10. The smallest absolute Gasteiger partial charge is 0.220 e. The largest absolute Gasteiger partial charge is 0.353 e. The molecule has 0 aromatic rings. The highest BCUT2D eigenvalue weighted by Gasteiger charge is 2.31. The van der Waals surface area contributed by atoms with Crippen molar-refractivity contribution in [3.63, 3.8) is 0 Å². The predicted octanol–water partition coefficient (Wildman–Crippen LogP) is 1.07. The van der Waals surface area contributed by atoms with Crippen molar-refractivity contribution in [3.8, 4) is 0 Å². The first kappa shape index (κ1) is 6.20. The first-order valence-corrected chi connectivity index (χ1v) is 4.15. The molecule has 56 valence electrons. The third-order valence-electron chi connectivity index (χ3n) is 2.75. The lowest BCUT2D eigenvalue weighted by atomic mass is 9.94. The molecule has 1 saturated carbocycles. The van der Waals surface area contributed by atoms with E-state index in [2.05, 4.69) is 5.32 Å². The molecule has 1 saturated heterocycles. The third kappa shape index (κ3) is 0.917. The van der Waals surface area contributed by atoms with Crippen molar-refractivity contribution >= 4 is 5.91 Å². The number of piperidine rings is 1. The van der Waals surface area contributed by atoms with Crippen molar-refractivity contribution in [1.82, 2.24) is 5.32 Å². The van der Waals surface area contributed by atoms with E-state index >= 15 is 0 Å². The Labute approximate surface area is 61.0 Å². The van der Waals surface area contributed by atoms with E-state index in [1.54, 1.807) is 0 Å². The SMILES string of the molecule is O=C1CCC2CCCC2N1. The summed E-state index contributed by atoms with van der Waals surface area (Å²) in [4.78, 5) is 10.9. The van der Waals surface area contributed by atoms with Crippen LogP contribution in [0.4, 0.5) is 0 Å². The molecule has 10 heavy (non-hydrogen) atoms. The molecule has 0 aromatic heterocycles. The van der Waals surface area contributed by atoms with Gasteiger partial charge < -0.3 is 5.32 Å². The summed E-state index contributed by atoms with van der Waals surface area (Å²) in [5, 5.41) is 3.04. The number of carbonyl (C=O) groups is 1. The molecule has 0 spiro atoms. The maximum atomic E-state index is 10.9. The highest BCUT2D eigenvalue weighted by molar-refractivity contribution is 5.77. The van der Waals surface area contributed by atoms with Crippen LogP contribution in [0.15, 0.2) is 0 Å². The lowest BCUT2D eigenvalue weighted by Gasteiger charge is -2.25. The molecule has 1 aliphatic heterocycles. The van der Waals surface area contributed by atoms with Crippen LogP contribution in [-0.2, 0) is 4.79 Å². The van der Waals surface area contributed by atoms with E-state index in [0.717, 1.165) is 18.8 Å². The molecular weight excluding hydrogens is 126 g/mol. The van der Waals surface area contributed by atoms with Gasteiger partial charge in [0.25, 0.3) is 0 Å². The Morgan fingerprint density at radius 1 is 1.30 bits per heavy atom. The van der Waals surface area contributed by atoms with E-state index in [9.17, 15) is 4.79 Å². The summed E-state index contributed by atoms with van der Waals surface area (Å²) in [5.41, 5.74) is 0. The van der Waals surface area contributed by atoms with Gasteiger partial charge in [0.15, 0.2) is 0 Å². The van der Waals surface area contributed by atoms with Crippen LogP contribution in [0.3, 0.4) is 0 Å². The molecule has 2 atom stereocenters. The third-order valence-corrected chi connectivity index (χ3v) is 2.75. The van der Waals surface area contributed by atoms with Crippen LogP contribution in [0.25, 0.3) is 0 Å². The standard InChI is InChI=1S/C8H13NO/c10-8-5-4-6-2-1-3-7(6)9-8/h6-7H,1-5H2,(H,9,10). The molecule has 2 unspecified atom stereocenters. The molecule has 1 aliphatic carbocycles. The highest BCUT2D eigenvalue weighted by Crippen LogP contribution is 2.31. The minimum absolute atomic E-state index is 0.267. The Morgan fingerprint density at radius 3 is 3.10 bits per heavy atom. The lowest BCUT2D eigenvalue weighted by Crippen LogP contribution is -2.41. The Bertz CT molecular complexity index is 155. The second-order valence-corrected chi connectivity index (χ2v) is 3.40. The van der Waals surface area contributed by atoms with Crippen LogP contribution in [0, 0.1) is 5.92 Å². The summed E-state index contributed by atoms with van der Waals surface area (Å²) < 4.78 is 0. The van der Waals surface area contributed by atoms with Gasteiger partial charge in [0.05, 0.1) is 0 Å². The van der Waals surface area contributed by atoms with E-state index in [4.69, 9.17) is 0 Å². The van der Waals surface area contributed by atoms with E-state index in [1.165, 1.54) is 19.3 Å². The molecule has 1 N–H and O–H groups in total. The number of carbonyl (C=O) groups excluding carboxylic acids is 1. The van der Waals surface area contributed by atoms with Gasteiger partial charge in [-0.2, -0.15) is 0 Å². The van der Waals surface area contributed by atoms with Crippen LogP contribution < -0.4 is 5.32 Å². The van der Waals surface area contributed by atoms with Crippen molar-refractivity contribution in [1.29, 1.82) is 0 Å². The first-order chi connectivity index (χ1) is 4.86. The number of nitrogens with one attached hydrogen (secondary N) is 1. The fourth-order valence-electron chi connectivity index (χ4n) is 2.17. The van der Waals surface area contributed by atoms with Gasteiger partial charge in [-0.1, -0.05) is 6.42 Å². The van der Waals surface area contributed by atoms with Crippen molar-refractivity contribution in [3.05, 3.63) is 0 Å². The molecule has 1 heterocycles. The normalized spacial score (nSPS) is 39.0. The van der Waals surface area contributed by atoms with Gasteiger partial charge in [-0.05, 0) is 25.2 Å². The molecule has 2 fully saturated rings. The molecule has 2 nitrogen and oxygen atoms in total. The van der Waals surface area contributed by atoms with Crippen LogP contribution in [0.5, 0.6) is 0 Å². The molecular formula is C8H13NO. The van der Waals surface area contributed by atoms with Crippen LogP contribution in [0.1, 0.15) is 32.1 Å². The van der Waals surface area contributed by atoms with E-state index in [1.807, 2.05) is 0 Å². The van der Waals surface area contributed by atoms with Crippen molar-refractivity contribution in [2.45, 2.75) is 38.1 Å². The van der Waals surface area contributed by atoms with Gasteiger partial charge in [0, 0.05) is 12.5 Å². The van der Waals surface area contributed by atoms with Gasteiger partial charge in [-0.3, -0.25) is 4.79 Å². The number of amides is 1. The quantitative estimate of drug-likeness (QED) is 0.534.